The Hall–Kier alpha value is -2.42. The Morgan fingerprint density at radius 3 is 2.44 bits per heavy atom. The fraction of sp³-hybridized carbons (Fsp3) is 0.583. The van der Waals surface area contributed by atoms with Crippen LogP contribution in [0.4, 0.5) is 0 Å². The molecule has 2 aliphatic rings. The first-order valence-corrected chi connectivity index (χ1v) is 11.1. The van der Waals surface area contributed by atoms with E-state index < -0.39 is 5.60 Å². The minimum absolute atomic E-state index is 0.0639. The summed E-state index contributed by atoms with van der Waals surface area (Å²) in [6, 6.07) is 6.43. The van der Waals surface area contributed by atoms with E-state index in [2.05, 4.69) is 20.9 Å². The molecule has 8 heteroatoms. The first-order chi connectivity index (χ1) is 15.5. The Labute approximate surface area is 189 Å². The number of aliphatic hydroxyl groups is 1. The fourth-order valence-corrected chi connectivity index (χ4v) is 5.44. The van der Waals surface area contributed by atoms with E-state index >= 15 is 0 Å². The molecule has 2 aromatic rings. The molecule has 1 aliphatic heterocycles. The highest BCUT2D eigenvalue weighted by Gasteiger charge is 2.53. The Morgan fingerprint density at radius 2 is 1.81 bits per heavy atom. The molecule has 1 saturated heterocycles. The lowest BCUT2D eigenvalue weighted by molar-refractivity contribution is -0.149. The van der Waals surface area contributed by atoms with Crippen LogP contribution < -0.4 is 14.2 Å². The molecule has 1 aromatic carbocycles. The van der Waals surface area contributed by atoms with E-state index in [1.165, 1.54) is 7.11 Å². The lowest BCUT2D eigenvalue weighted by atomic mass is 9.63. The van der Waals surface area contributed by atoms with Crippen LogP contribution >= 0.6 is 0 Å². The van der Waals surface area contributed by atoms with Crippen LogP contribution in [-0.2, 0) is 23.5 Å². The Kier molecular flexibility index (Phi) is 6.83. The molecule has 174 valence electrons. The summed E-state index contributed by atoms with van der Waals surface area (Å²) in [5.74, 6) is 1.39. The van der Waals surface area contributed by atoms with Gasteiger partial charge in [-0.1, -0.05) is 12.5 Å². The lowest BCUT2D eigenvalue weighted by Crippen LogP contribution is -2.58. The van der Waals surface area contributed by atoms with Gasteiger partial charge >= 0.3 is 6.01 Å². The number of fused-ring (bicyclic) bond motifs is 2. The predicted molar refractivity (Wildman–Crippen MR) is 119 cm³/mol. The summed E-state index contributed by atoms with van der Waals surface area (Å²) >= 11 is 0. The van der Waals surface area contributed by atoms with Crippen molar-refractivity contribution in [2.24, 2.45) is 11.8 Å². The molecule has 0 unspecified atom stereocenters. The van der Waals surface area contributed by atoms with Crippen LogP contribution in [0.1, 0.15) is 36.0 Å². The first kappa shape index (κ1) is 22.8. The second-order valence-corrected chi connectivity index (χ2v) is 8.70. The molecular formula is C24H33N3O5. The van der Waals surface area contributed by atoms with Gasteiger partial charge in [0.05, 0.1) is 33.5 Å². The third-order valence-corrected chi connectivity index (χ3v) is 6.90. The van der Waals surface area contributed by atoms with E-state index in [-0.39, 0.29) is 17.8 Å². The number of rotatable bonds is 8. The molecule has 1 aromatic heterocycles. The third kappa shape index (κ3) is 4.14. The van der Waals surface area contributed by atoms with Crippen LogP contribution in [-0.4, -0.2) is 61.5 Å². The van der Waals surface area contributed by atoms with Crippen molar-refractivity contribution in [1.82, 2.24) is 14.9 Å². The molecule has 1 aliphatic carbocycles. The molecule has 8 nitrogen and oxygen atoms in total. The molecule has 0 spiro atoms. The van der Waals surface area contributed by atoms with Gasteiger partial charge in [-0.25, -0.2) is 4.98 Å². The number of likely N-dealkylation sites (tertiary alicyclic amines) is 1. The van der Waals surface area contributed by atoms with Crippen LogP contribution in [0.15, 0.2) is 24.4 Å². The number of nitrogens with zero attached hydrogens (tertiary/aromatic N) is 3. The van der Waals surface area contributed by atoms with Gasteiger partial charge in [0.2, 0.25) is 5.88 Å². The van der Waals surface area contributed by atoms with E-state index in [4.69, 9.17) is 18.9 Å². The molecule has 2 fully saturated rings. The van der Waals surface area contributed by atoms with E-state index in [0.717, 1.165) is 55.8 Å². The SMILES string of the molecule is COCc1ccc(OC)c(CN2C[C@@H]3CCC[C@@H](C2)C3(O)c2cnc(OC)nc2OC)c1. The summed E-state index contributed by atoms with van der Waals surface area (Å²) in [6.07, 6.45) is 4.67. The topological polar surface area (TPSA) is 86.2 Å². The van der Waals surface area contributed by atoms with Gasteiger partial charge in [-0.05, 0) is 30.5 Å². The maximum absolute atomic E-state index is 12.0. The highest BCUT2D eigenvalue weighted by molar-refractivity contribution is 5.38. The highest BCUT2D eigenvalue weighted by Crippen LogP contribution is 2.51. The molecule has 2 heterocycles. The zero-order valence-corrected chi connectivity index (χ0v) is 19.3. The maximum atomic E-state index is 12.0. The van der Waals surface area contributed by atoms with Crippen molar-refractivity contribution in [3.63, 3.8) is 0 Å². The van der Waals surface area contributed by atoms with Gasteiger partial charge in [-0.2, -0.15) is 4.98 Å². The summed E-state index contributed by atoms with van der Waals surface area (Å²) < 4.78 is 21.6. The second kappa shape index (κ2) is 9.60. The average Bonchev–Trinajstić information content (AvgIpc) is 2.79. The molecule has 1 N–H and O–H groups in total. The highest BCUT2D eigenvalue weighted by atomic mass is 16.5. The normalized spacial score (nSPS) is 25.4. The van der Waals surface area contributed by atoms with Crippen molar-refractivity contribution >= 4 is 0 Å². The number of aromatic nitrogens is 2. The molecule has 32 heavy (non-hydrogen) atoms. The standard InChI is InChI=1S/C24H33N3O5/c1-29-15-16-8-9-21(30-2)17(10-16)12-27-13-18-6-5-7-19(14-27)24(18,28)20-11-25-23(32-4)26-22(20)31-3/h8-11,18-19,28H,5-7,12-15H2,1-4H3/t18-,19-/m0/s1. The quantitative estimate of drug-likeness (QED) is 0.667. The summed E-state index contributed by atoms with van der Waals surface area (Å²) in [6.45, 7) is 2.89. The Bertz CT molecular complexity index is 924. The van der Waals surface area contributed by atoms with Crippen molar-refractivity contribution in [3.8, 4) is 17.6 Å². The van der Waals surface area contributed by atoms with Gasteiger partial charge in [0.1, 0.15) is 11.4 Å². The van der Waals surface area contributed by atoms with Gasteiger partial charge in [-0.15, -0.1) is 0 Å². The molecule has 1 saturated carbocycles. The number of ether oxygens (including phenoxy) is 4. The number of methoxy groups -OCH3 is 4. The van der Waals surface area contributed by atoms with Crippen molar-refractivity contribution < 1.29 is 24.1 Å². The van der Waals surface area contributed by atoms with E-state index in [1.54, 1.807) is 27.5 Å². The summed E-state index contributed by atoms with van der Waals surface area (Å²) in [5, 5.41) is 12.0. The summed E-state index contributed by atoms with van der Waals surface area (Å²) in [7, 11) is 6.49. The minimum Gasteiger partial charge on any atom is -0.496 e. The monoisotopic (exact) mass is 443 g/mol. The van der Waals surface area contributed by atoms with Crippen molar-refractivity contribution in [2.75, 3.05) is 41.5 Å². The predicted octanol–water partition coefficient (Wildman–Crippen LogP) is 2.77. The van der Waals surface area contributed by atoms with E-state index in [9.17, 15) is 5.11 Å². The first-order valence-electron chi connectivity index (χ1n) is 11.1. The Balaban J connectivity index is 1.60. The van der Waals surface area contributed by atoms with Crippen LogP contribution in [0.5, 0.6) is 17.6 Å². The van der Waals surface area contributed by atoms with Crippen LogP contribution in [0.25, 0.3) is 0 Å². The molecule has 4 rings (SSSR count). The van der Waals surface area contributed by atoms with Crippen LogP contribution in [0, 0.1) is 11.8 Å². The molecule has 0 amide bonds. The Morgan fingerprint density at radius 1 is 1.06 bits per heavy atom. The number of hydrogen-bond acceptors (Lipinski definition) is 8. The molecule has 0 radical (unpaired) electrons. The minimum atomic E-state index is -1.02. The van der Waals surface area contributed by atoms with E-state index in [0.29, 0.717) is 18.1 Å². The molecule has 2 atom stereocenters. The largest absolute Gasteiger partial charge is 0.496 e. The molecule has 2 bridgehead atoms. The smallest absolute Gasteiger partial charge is 0.319 e. The lowest BCUT2D eigenvalue weighted by Gasteiger charge is -2.53. The fourth-order valence-electron chi connectivity index (χ4n) is 5.44. The van der Waals surface area contributed by atoms with Crippen molar-refractivity contribution in [1.29, 1.82) is 0 Å². The van der Waals surface area contributed by atoms with Crippen LogP contribution in [0.2, 0.25) is 0 Å². The number of hydrogen-bond donors (Lipinski definition) is 1. The van der Waals surface area contributed by atoms with Gasteiger partial charge in [0, 0.05) is 50.3 Å². The van der Waals surface area contributed by atoms with Gasteiger partial charge in [0.15, 0.2) is 0 Å². The number of benzene rings is 1. The van der Waals surface area contributed by atoms with Gasteiger partial charge < -0.3 is 24.1 Å². The maximum Gasteiger partial charge on any atom is 0.319 e. The van der Waals surface area contributed by atoms with E-state index in [1.807, 2.05) is 12.1 Å². The average molecular weight is 444 g/mol. The zero-order chi connectivity index (χ0) is 22.7. The molecular weight excluding hydrogens is 410 g/mol. The van der Waals surface area contributed by atoms with Gasteiger partial charge in [-0.3, -0.25) is 4.90 Å². The summed E-state index contributed by atoms with van der Waals surface area (Å²) in [4.78, 5) is 11.0. The van der Waals surface area contributed by atoms with Gasteiger partial charge in [0.25, 0.3) is 0 Å². The summed E-state index contributed by atoms with van der Waals surface area (Å²) in [5.41, 5.74) is 1.90. The van der Waals surface area contributed by atoms with Crippen molar-refractivity contribution in [2.45, 2.75) is 38.0 Å². The zero-order valence-electron chi connectivity index (χ0n) is 19.3. The number of piperidine rings is 1. The second-order valence-electron chi connectivity index (χ2n) is 8.70. The van der Waals surface area contributed by atoms with Crippen LogP contribution in [0.3, 0.4) is 0 Å². The third-order valence-electron chi connectivity index (χ3n) is 6.90. The van der Waals surface area contributed by atoms with Crippen molar-refractivity contribution in [3.05, 3.63) is 41.1 Å².